The van der Waals surface area contributed by atoms with Crippen LogP contribution in [0.25, 0.3) is 22.2 Å². The van der Waals surface area contributed by atoms with Gasteiger partial charge in [0.05, 0.1) is 16.8 Å². The summed E-state index contributed by atoms with van der Waals surface area (Å²) < 4.78 is 5.65. The Morgan fingerprint density at radius 3 is 2.96 bits per heavy atom. The number of nitrogens with zero attached hydrogens (tertiary/aromatic N) is 2. The maximum atomic E-state index is 12.5. The van der Waals surface area contributed by atoms with Crippen molar-refractivity contribution in [3.8, 4) is 17.0 Å². The van der Waals surface area contributed by atoms with Crippen LogP contribution in [0.3, 0.4) is 0 Å². The molecule has 1 fully saturated rings. The number of aromatic hydroxyl groups is 1. The number of pyridine rings is 1. The summed E-state index contributed by atoms with van der Waals surface area (Å²) in [6.07, 6.45) is 4.04. The van der Waals surface area contributed by atoms with Crippen molar-refractivity contribution in [3.05, 3.63) is 58.6 Å². The standard InChI is InChI=1S/C21H22N2O3/c1-14-5-4-10-23(12-14)13-17-19(24)8-7-15-11-16(21(25)26-20(15)17)18-6-2-3-9-22-18/h2-3,6-9,11,14,24H,4-5,10,12-13H2,1H3. The first-order chi connectivity index (χ1) is 12.6. The number of fused-ring (bicyclic) bond motifs is 1. The Labute approximate surface area is 151 Å². The van der Waals surface area contributed by atoms with Gasteiger partial charge in [0.1, 0.15) is 11.3 Å². The van der Waals surface area contributed by atoms with E-state index in [4.69, 9.17) is 4.42 Å². The van der Waals surface area contributed by atoms with E-state index in [2.05, 4.69) is 16.8 Å². The molecule has 0 radical (unpaired) electrons. The highest BCUT2D eigenvalue weighted by molar-refractivity contribution is 5.85. The van der Waals surface area contributed by atoms with Gasteiger partial charge in [-0.1, -0.05) is 13.0 Å². The van der Waals surface area contributed by atoms with Crippen molar-refractivity contribution in [2.45, 2.75) is 26.3 Å². The van der Waals surface area contributed by atoms with Crippen molar-refractivity contribution in [2.24, 2.45) is 5.92 Å². The first kappa shape index (κ1) is 16.8. The van der Waals surface area contributed by atoms with Crippen LogP contribution in [0.4, 0.5) is 0 Å². The Hall–Kier alpha value is -2.66. The van der Waals surface area contributed by atoms with Gasteiger partial charge in [-0.15, -0.1) is 0 Å². The van der Waals surface area contributed by atoms with E-state index in [0.29, 0.717) is 34.9 Å². The van der Waals surface area contributed by atoms with Crippen molar-refractivity contribution in [3.63, 3.8) is 0 Å². The Morgan fingerprint density at radius 1 is 1.31 bits per heavy atom. The highest BCUT2D eigenvalue weighted by atomic mass is 16.4. The quantitative estimate of drug-likeness (QED) is 0.728. The van der Waals surface area contributed by atoms with Gasteiger partial charge in [0.15, 0.2) is 0 Å². The van der Waals surface area contributed by atoms with Crippen LogP contribution in [-0.4, -0.2) is 28.1 Å². The monoisotopic (exact) mass is 350 g/mol. The fourth-order valence-electron chi connectivity index (χ4n) is 3.74. The second kappa shape index (κ2) is 6.92. The molecule has 1 aliphatic heterocycles. The Kier molecular flexibility index (Phi) is 4.47. The van der Waals surface area contributed by atoms with Crippen LogP contribution in [0, 0.1) is 5.92 Å². The van der Waals surface area contributed by atoms with Crippen LogP contribution in [0.2, 0.25) is 0 Å². The van der Waals surface area contributed by atoms with Crippen molar-refractivity contribution in [1.29, 1.82) is 0 Å². The summed E-state index contributed by atoms with van der Waals surface area (Å²) in [5, 5.41) is 11.2. The molecule has 1 saturated heterocycles. The normalized spacial score (nSPS) is 18.3. The lowest BCUT2D eigenvalue weighted by atomic mass is 9.99. The fraction of sp³-hybridized carbons (Fsp3) is 0.333. The third kappa shape index (κ3) is 3.22. The van der Waals surface area contributed by atoms with Gasteiger partial charge in [0, 0.05) is 24.7 Å². The maximum absolute atomic E-state index is 12.5. The van der Waals surface area contributed by atoms with Crippen LogP contribution in [0.5, 0.6) is 5.75 Å². The minimum absolute atomic E-state index is 0.171. The van der Waals surface area contributed by atoms with Crippen molar-refractivity contribution >= 4 is 11.0 Å². The smallest absolute Gasteiger partial charge is 0.345 e. The predicted octanol–water partition coefficient (Wildman–Crippen LogP) is 3.79. The van der Waals surface area contributed by atoms with E-state index in [1.165, 1.54) is 6.42 Å². The third-order valence-corrected chi connectivity index (χ3v) is 5.04. The Balaban J connectivity index is 1.77. The Morgan fingerprint density at radius 2 is 2.19 bits per heavy atom. The van der Waals surface area contributed by atoms with Crippen LogP contribution in [-0.2, 0) is 6.54 Å². The van der Waals surface area contributed by atoms with Gasteiger partial charge >= 0.3 is 5.63 Å². The molecule has 1 aromatic carbocycles. The minimum Gasteiger partial charge on any atom is -0.507 e. The third-order valence-electron chi connectivity index (χ3n) is 5.04. The van der Waals surface area contributed by atoms with Gasteiger partial charge in [-0.2, -0.15) is 0 Å². The first-order valence-corrected chi connectivity index (χ1v) is 9.04. The molecule has 4 rings (SSSR count). The van der Waals surface area contributed by atoms with Crippen LogP contribution in [0.1, 0.15) is 25.3 Å². The molecule has 3 aromatic rings. The average Bonchev–Trinajstić information content (AvgIpc) is 2.65. The molecule has 0 spiro atoms. The zero-order valence-corrected chi connectivity index (χ0v) is 14.8. The zero-order chi connectivity index (χ0) is 18.1. The van der Waals surface area contributed by atoms with Gasteiger partial charge in [-0.3, -0.25) is 9.88 Å². The summed E-state index contributed by atoms with van der Waals surface area (Å²) >= 11 is 0. The molecule has 0 bridgehead atoms. The van der Waals surface area contributed by atoms with Crippen molar-refractivity contribution < 1.29 is 9.52 Å². The molecular weight excluding hydrogens is 328 g/mol. The average molecular weight is 350 g/mol. The van der Waals surface area contributed by atoms with E-state index < -0.39 is 5.63 Å². The van der Waals surface area contributed by atoms with Crippen molar-refractivity contribution in [2.75, 3.05) is 13.1 Å². The summed E-state index contributed by atoms with van der Waals surface area (Å²) in [5.41, 5.74) is 1.73. The largest absolute Gasteiger partial charge is 0.507 e. The number of rotatable bonds is 3. The highest BCUT2D eigenvalue weighted by Gasteiger charge is 2.20. The number of benzene rings is 1. The number of hydrogen-bond acceptors (Lipinski definition) is 5. The number of aromatic nitrogens is 1. The summed E-state index contributed by atoms with van der Waals surface area (Å²) in [6, 6.07) is 10.7. The summed E-state index contributed by atoms with van der Waals surface area (Å²) in [6.45, 7) is 4.82. The molecule has 134 valence electrons. The van der Waals surface area contributed by atoms with Crippen LogP contribution in [0.15, 0.2) is 51.8 Å². The second-order valence-corrected chi connectivity index (χ2v) is 7.13. The lowest BCUT2D eigenvalue weighted by Crippen LogP contribution is -2.33. The van der Waals surface area contributed by atoms with E-state index in [0.717, 1.165) is 24.9 Å². The lowest BCUT2D eigenvalue weighted by molar-refractivity contribution is 0.175. The molecular formula is C21H22N2O3. The zero-order valence-electron chi connectivity index (χ0n) is 14.8. The number of hydrogen-bond donors (Lipinski definition) is 1. The molecule has 26 heavy (non-hydrogen) atoms. The molecule has 1 unspecified atom stereocenters. The second-order valence-electron chi connectivity index (χ2n) is 7.13. The summed E-state index contributed by atoms with van der Waals surface area (Å²) in [5.74, 6) is 0.813. The SMILES string of the molecule is CC1CCCN(Cc2c(O)ccc3cc(-c4ccccn4)c(=O)oc23)C1. The van der Waals surface area contributed by atoms with Crippen LogP contribution >= 0.6 is 0 Å². The first-order valence-electron chi connectivity index (χ1n) is 9.04. The Bertz CT molecular complexity index is 982. The lowest BCUT2D eigenvalue weighted by Gasteiger charge is -2.31. The molecule has 5 heteroatoms. The highest BCUT2D eigenvalue weighted by Crippen LogP contribution is 2.30. The van der Waals surface area contributed by atoms with Gasteiger partial charge in [0.25, 0.3) is 0 Å². The number of piperidine rings is 1. The molecule has 3 heterocycles. The van der Waals surface area contributed by atoms with Gasteiger partial charge in [0.2, 0.25) is 0 Å². The fourth-order valence-corrected chi connectivity index (χ4v) is 3.74. The predicted molar refractivity (Wildman–Crippen MR) is 101 cm³/mol. The molecule has 2 aromatic heterocycles. The molecule has 0 saturated carbocycles. The summed E-state index contributed by atoms with van der Waals surface area (Å²) in [7, 11) is 0. The molecule has 1 aliphatic rings. The maximum Gasteiger partial charge on any atom is 0.345 e. The van der Waals surface area contributed by atoms with E-state index in [1.807, 2.05) is 12.1 Å². The van der Waals surface area contributed by atoms with E-state index in [-0.39, 0.29) is 5.75 Å². The topological polar surface area (TPSA) is 66.6 Å². The molecule has 0 aliphatic carbocycles. The van der Waals surface area contributed by atoms with Crippen LogP contribution < -0.4 is 5.63 Å². The number of likely N-dealkylation sites (tertiary alicyclic amines) is 1. The molecule has 5 nitrogen and oxygen atoms in total. The number of phenols is 1. The molecule has 1 atom stereocenters. The van der Waals surface area contributed by atoms with Gasteiger partial charge < -0.3 is 9.52 Å². The summed E-state index contributed by atoms with van der Waals surface area (Å²) in [4.78, 5) is 19.1. The van der Waals surface area contributed by atoms with Gasteiger partial charge in [-0.05, 0) is 55.6 Å². The van der Waals surface area contributed by atoms with E-state index >= 15 is 0 Å². The molecule has 0 amide bonds. The molecule has 1 N–H and O–H groups in total. The van der Waals surface area contributed by atoms with Gasteiger partial charge in [-0.25, -0.2) is 4.79 Å². The minimum atomic E-state index is -0.435. The number of phenolic OH excluding ortho intramolecular Hbond substituents is 1. The van der Waals surface area contributed by atoms with E-state index in [9.17, 15) is 9.90 Å². The van der Waals surface area contributed by atoms with Crippen molar-refractivity contribution in [1.82, 2.24) is 9.88 Å². The van der Waals surface area contributed by atoms with E-state index in [1.54, 1.807) is 30.5 Å².